The fourth-order valence-corrected chi connectivity index (χ4v) is 3.00. The number of aryl methyl sites for hydroxylation is 2. The summed E-state index contributed by atoms with van der Waals surface area (Å²) < 4.78 is 0. The molecule has 1 aromatic carbocycles. The lowest BCUT2D eigenvalue weighted by atomic mass is 10.1. The van der Waals surface area contributed by atoms with E-state index in [1.54, 1.807) is 6.07 Å². The lowest BCUT2D eigenvalue weighted by molar-refractivity contribution is -0.127. The van der Waals surface area contributed by atoms with Gasteiger partial charge in [-0.1, -0.05) is 30.3 Å². The molecule has 0 spiro atoms. The largest absolute Gasteiger partial charge is 0.346 e. The number of H-pyrrole nitrogens is 1. The maximum Gasteiger partial charge on any atom is 0.272 e. The number of amides is 2. The van der Waals surface area contributed by atoms with Gasteiger partial charge >= 0.3 is 0 Å². The average Bonchev–Trinajstić information content (AvgIpc) is 3.15. The van der Waals surface area contributed by atoms with E-state index in [4.69, 9.17) is 0 Å². The summed E-state index contributed by atoms with van der Waals surface area (Å²) in [6, 6.07) is 11.8. The molecule has 126 valence electrons. The van der Waals surface area contributed by atoms with Crippen molar-refractivity contribution in [3.8, 4) is 0 Å². The number of hydrogen-bond acceptors (Lipinski definition) is 3. The second kappa shape index (κ2) is 7.29. The zero-order valence-corrected chi connectivity index (χ0v) is 13.8. The zero-order valence-electron chi connectivity index (χ0n) is 13.8. The van der Waals surface area contributed by atoms with E-state index in [-0.39, 0.29) is 17.9 Å². The van der Waals surface area contributed by atoms with Gasteiger partial charge in [-0.3, -0.25) is 14.7 Å². The Hall–Kier alpha value is -2.63. The molecule has 2 amide bonds. The minimum absolute atomic E-state index is 0.103. The minimum Gasteiger partial charge on any atom is -0.346 e. The van der Waals surface area contributed by atoms with E-state index in [0.717, 1.165) is 25.1 Å². The summed E-state index contributed by atoms with van der Waals surface area (Å²) >= 11 is 0. The van der Waals surface area contributed by atoms with Gasteiger partial charge in [0, 0.05) is 25.2 Å². The van der Waals surface area contributed by atoms with Crippen LogP contribution >= 0.6 is 0 Å². The smallest absolute Gasteiger partial charge is 0.272 e. The third kappa shape index (κ3) is 4.01. The quantitative estimate of drug-likeness (QED) is 0.848. The first kappa shape index (κ1) is 16.2. The molecule has 3 rings (SSSR count). The van der Waals surface area contributed by atoms with Gasteiger partial charge < -0.3 is 10.2 Å². The minimum atomic E-state index is -0.233. The number of likely N-dealkylation sites (tertiary alicyclic amines) is 1. The van der Waals surface area contributed by atoms with Crippen molar-refractivity contribution >= 4 is 11.8 Å². The van der Waals surface area contributed by atoms with Crippen molar-refractivity contribution in [3.05, 3.63) is 53.3 Å². The SMILES string of the molecule is Cc1cc(C(=O)N[C@H]2CC(=O)N(CCCc3ccccc3)C2)n[nH]1. The first-order valence-corrected chi connectivity index (χ1v) is 8.26. The van der Waals surface area contributed by atoms with Gasteiger partial charge in [-0.05, 0) is 31.4 Å². The third-order valence-corrected chi connectivity index (χ3v) is 4.22. The van der Waals surface area contributed by atoms with Crippen LogP contribution < -0.4 is 5.32 Å². The normalized spacial score (nSPS) is 17.3. The molecule has 1 aliphatic heterocycles. The highest BCUT2D eigenvalue weighted by molar-refractivity contribution is 5.93. The van der Waals surface area contributed by atoms with Crippen molar-refractivity contribution in [2.24, 2.45) is 0 Å². The Morgan fingerprint density at radius 1 is 1.38 bits per heavy atom. The molecule has 6 nitrogen and oxygen atoms in total. The van der Waals surface area contributed by atoms with Crippen LogP contribution in [-0.4, -0.2) is 46.0 Å². The molecule has 24 heavy (non-hydrogen) atoms. The molecule has 0 aliphatic carbocycles. The fourth-order valence-electron chi connectivity index (χ4n) is 3.00. The molecule has 1 aliphatic rings. The van der Waals surface area contributed by atoms with Crippen LogP contribution in [0.1, 0.15) is 34.6 Å². The molecule has 2 N–H and O–H groups in total. The monoisotopic (exact) mass is 326 g/mol. The number of benzene rings is 1. The van der Waals surface area contributed by atoms with Crippen LogP contribution in [0.5, 0.6) is 0 Å². The average molecular weight is 326 g/mol. The Balaban J connectivity index is 1.46. The van der Waals surface area contributed by atoms with Crippen LogP contribution in [0.4, 0.5) is 0 Å². The number of hydrogen-bond donors (Lipinski definition) is 2. The fraction of sp³-hybridized carbons (Fsp3) is 0.389. The summed E-state index contributed by atoms with van der Waals surface area (Å²) in [5.41, 5.74) is 2.48. The first-order valence-electron chi connectivity index (χ1n) is 8.26. The number of carbonyl (C=O) groups excluding carboxylic acids is 2. The molecule has 2 heterocycles. The highest BCUT2D eigenvalue weighted by Crippen LogP contribution is 2.13. The number of carbonyl (C=O) groups is 2. The topological polar surface area (TPSA) is 78.1 Å². The molecule has 0 bridgehead atoms. The van der Waals surface area contributed by atoms with E-state index in [2.05, 4.69) is 27.6 Å². The second-order valence-electron chi connectivity index (χ2n) is 6.24. The predicted octanol–water partition coefficient (Wildman–Crippen LogP) is 1.68. The maximum atomic E-state index is 12.1. The maximum absolute atomic E-state index is 12.1. The molecular formula is C18H22N4O2. The molecule has 0 radical (unpaired) electrons. The van der Waals surface area contributed by atoms with Gasteiger partial charge in [-0.2, -0.15) is 5.10 Å². The number of nitrogens with zero attached hydrogens (tertiary/aromatic N) is 2. The van der Waals surface area contributed by atoms with Gasteiger partial charge in [0.15, 0.2) is 0 Å². The standard InChI is InChI=1S/C18H22N4O2/c1-13-10-16(21-20-13)18(24)19-15-11-17(23)22(12-15)9-5-8-14-6-3-2-4-7-14/h2-4,6-7,10,15H,5,8-9,11-12H2,1H3,(H,19,24)(H,20,21)/t15-/m0/s1. The molecule has 0 saturated carbocycles. The molecule has 1 saturated heterocycles. The number of rotatable bonds is 6. The summed E-state index contributed by atoms with van der Waals surface area (Å²) in [5, 5.41) is 9.58. The van der Waals surface area contributed by atoms with Gasteiger partial charge in [0.1, 0.15) is 5.69 Å². The Morgan fingerprint density at radius 2 is 2.17 bits per heavy atom. The molecular weight excluding hydrogens is 304 g/mol. The van der Waals surface area contributed by atoms with Crippen LogP contribution in [0.15, 0.2) is 36.4 Å². The molecule has 1 atom stereocenters. The van der Waals surface area contributed by atoms with E-state index in [1.807, 2.05) is 30.0 Å². The first-order chi connectivity index (χ1) is 11.6. The number of aromatic amines is 1. The van der Waals surface area contributed by atoms with Crippen molar-refractivity contribution in [1.82, 2.24) is 20.4 Å². The lowest BCUT2D eigenvalue weighted by Crippen LogP contribution is -2.37. The van der Waals surface area contributed by atoms with E-state index in [1.165, 1.54) is 5.56 Å². The molecule has 1 fully saturated rings. The van der Waals surface area contributed by atoms with Crippen molar-refractivity contribution in [2.75, 3.05) is 13.1 Å². The van der Waals surface area contributed by atoms with Gasteiger partial charge in [0.05, 0.1) is 6.04 Å². The van der Waals surface area contributed by atoms with Crippen LogP contribution in [0.3, 0.4) is 0 Å². The Labute approximate surface area is 141 Å². The highest BCUT2D eigenvalue weighted by atomic mass is 16.2. The summed E-state index contributed by atoms with van der Waals surface area (Å²) in [6.45, 7) is 3.14. The van der Waals surface area contributed by atoms with Gasteiger partial charge in [-0.15, -0.1) is 0 Å². The van der Waals surface area contributed by atoms with Crippen molar-refractivity contribution in [3.63, 3.8) is 0 Å². The van der Waals surface area contributed by atoms with Gasteiger partial charge in [0.2, 0.25) is 5.91 Å². The molecule has 2 aromatic rings. The van der Waals surface area contributed by atoms with Gasteiger partial charge in [0.25, 0.3) is 5.91 Å². The Bertz CT molecular complexity index is 711. The highest BCUT2D eigenvalue weighted by Gasteiger charge is 2.30. The molecule has 1 aromatic heterocycles. The Morgan fingerprint density at radius 3 is 2.88 bits per heavy atom. The van der Waals surface area contributed by atoms with E-state index < -0.39 is 0 Å². The third-order valence-electron chi connectivity index (χ3n) is 4.22. The molecule has 6 heteroatoms. The Kier molecular flexibility index (Phi) is 4.93. The summed E-state index contributed by atoms with van der Waals surface area (Å²) in [7, 11) is 0. The number of aromatic nitrogens is 2. The van der Waals surface area contributed by atoms with Crippen LogP contribution in [0.2, 0.25) is 0 Å². The summed E-state index contributed by atoms with van der Waals surface area (Å²) in [6.07, 6.45) is 2.24. The van der Waals surface area contributed by atoms with Crippen molar-refractivity contribution < 1.29 is 9.59 Å². The van der Waals surface area contributed by atoms with Gasteiger partial charge in [-0.25, -0.2) is 0 Å². The lowest BCUT2D eigenvalue weighted by Gasteiger charge is -2.16. The van der Waals surface area contributed by atoms with Crippen LogP contribution in [0.25, 0.3) is 0 Å². The molecule has 0 unspecified atom stereocenters. The van der Waals surface area contributed by atoms with E-state index >= 15 is 0 Å². The van der Waals surface area contributed by atoms with Crippen LogP contribution in [0, 0.1) is 6.92 Å². The predicted molar refractivity (Wildman–Crippen MR) is 90.5 cm³/mol. The second-order valence-corrected chi connectivity index (χ2v) is 6.24. The summed E-state index contributed by atoms with van der Waals surface area (Å²) in [4.78, 5) is 26.0. The van der Waals surface area contributed by atoms with E-state index in [9.17, 15) is 9.59 Å². The zero-order chi connectivity index (χ0) is 16.9. The number of nitrogens with one attached hydrogen (secondary N) is 2. The van der Waals surface area contributed by atoms with Crippen molar-refractivity contribution in [1.29, 1.82) is 0 Å². The van der Waals surface area contributed by atoms with Crippen molar-refractivity contribution in [2.45, 2.75) is 32.2 Å². The van der Waals surface area contributed by atoms with E-state index in [0.29, 0.717) is 18.7 Å². The summed E-state index contributed by atoms with van der Waals surface area (Å²) in [5.74, 6) is -0.130. The van der Waals surface area contributed by atoms with Crippen LogP contribution in [-0.2, 0) is 11.2 Å².